The average molecular weight is 289 g/mol. The monoisotopic (exact) mass is 289 g/mol. The molecule has 4 rings (SSSR count). The molecule has 5 atom stereocenters. The molecule has 5 heteroatoms. The van der Waals surface area contributed by atoms with Gasteiger partial charge in [0.2, 0.25) is 11.8 Å². The maximum Gasteiger partial charge on any atom is 0.240 e. The van der Waals surface area contributed by atoms with E-state index in [9.17, 15) is 0 Å². The first kappa shape index (κ1) is 13.3. The third-order valence-electron chi connectivity index (χ3n) is 5.93. The largest absolute Gasteiger partial charge is 0.480 e. The number of methoxy groups -OCH3 is 2. The molecule has 21 heavy (non-hydrogen) atoms. The molecule has 114 valence electrons. The third-order valence-corrected chi connectivity index (χ3v) is 5.93. The maximum absolute atomic E-state index is 5.45. The SMILES string of the molecule is CNC(c1ncc(OC)nc1OC)C1C2C3CCC(C3)C21. The van der Waals surface area contributed by atoms with Crippen molar-refractivity contribution in [2.45, 2.75) is 25.3 Å². The zero-order chi connectivity index (χ0) is 14.6. The summed E-state index contributed by atoms with van der Waals surface area (Å²) in [6.45, 7) is 0. The lowest BCUT2D eigenvalue weighted by atomic mass is 9.95. The zero-order valence-electron chi connectivity index (χ0n) is 12.9. The van der Waals surface area contributed by atoms with Crippen LogP contribution in [0.4, 0.5) is 0 Å². The van der Waals surface area contributed by atoms with Gasteiger partial charge in [-0.3, -0.25) is 0 Å². The quantitative estimate of drug-likeness (QED) is 0.899. The number of fused-ring (bicyclic) bond motifs is 5. The van der Waals surface area contributed by atoms with Crippen molar-refractivity contribution in [2.75, 3.05) is 21.3 Å². The second-order valence-corrected chi connectivity index (χ2v) is 6.64. The van der Waals surface area contributed by atoms with Crippen molar-refractivity contribution in [2.24, 2.45) is 29.6 Å². The number of ether oxygens (including phenoxy) is 2. The summed E-state index contributed by atoms with van der Waals surface area (Å²) in [4.78, 5) is 8.96. The second kappa shape index (κ2) is 4.83. The van der Waals surface area contributed by atoms with Gasteiger partial charge in [-0.25, -0.2) is 4.98 Å². The highest BCUT2D eigenvalue weighted by atomic mass is 16.5. The first-order chi connectivity index (χ1) is 10.3. The van der Waals surface area contributed by atoms with Crippen LogP contribution in [-0.4, -0.2) is 31.2 Å². The molecule has 3 aliphatic carbocycles. The van der Waals surface area contributed by atoms with E-state index in [0.717, 1.165) is 29.4 Å². The highest BCUT2D eigenvalue weighted by Crippen LogP contribution is 2.72. The first-order valence-electron chi connectivity index (χ1n) is 7.90. The number of nitrogens with one attached hydrogen (secondary N) is 1. The zero-order valence-corrected chi connectivity index (χ0v) is 12.9. The molecule has 3 aliphatic rings. The van der Waals surface area contributed by atoms with E-state index in [1.54, 1.807) is 20.4 Å². The van der Waals surface area contributed by atoms with Crippen LogP contribution in [0.3, 0.4) is 0 Å². The summed E-state index contributed by atoms with van der Waals surface area (Å²) in [5, 5.41) is 3.47. The summed E-state index contributed by atoms with van der Waals surface area (Å²) < 4.78 is 10.6. The Balaban J connectivity index is 1.62. The van der Waals surface area contributed by atoms with E-state index in [2.05, 4.69) is 15.3 Å². The molecule has 1 N–H and O–H groups in total. The van der Waals surface area contributed by atoms with Crippen LogP contribution in [0, 0.1) is 29.6 Å². The molecular formula is C16H23N3O2. The van der Waals surface area contributed by atoms with Crippen LogP contribution < -0.4 is 14.8 Å². The molecule has 5 nitrogen and oxygen atoms in total. The maximum atomic E-state index is 5.45. The molecule has 2 bridgehead atoms. The topological polar surface area (TPSA) is 56.3 Å². The van der Waals surface area contributed by atoms with Gasteiger partial charge in [0.05, 0.1) is 26.5 Å². The van der Waals surface area contributed by atoms with Crippen LogP contribution in [0.15, 0.2) is 6.20 Å². The Kier molecular flexibility index (Phi) is 3.06. The predicted octanol–water partition coefficient (Wildman–Crippen LogP) is 2.05. The lowest BCUT2D eigenvalue weighted by Gasteiger charge is -2.21. The van der Waals surface area contributed by atoms with Gasteiger partial charge in [-0.1, -0.05) is 0 Å². The van der Waals surface area contributed by atoms with Gasteiger partial charge in [-0.2, -0.15) is 4.98 Å². The molecule has 3 fully saturated rings. The summed E-state index contributed by atoms with van der Waals surface area (Å²) in [6, 6.07) is 0.247. The van der Waals surface area contributed by atoms with E-state index >= 15 is 0 Å². The van der Waals surface area contributed by atoms with Crippen LogP contribution in [0.1, 0.15) is 31.0 Å². The Bertz CT molecular complexity index is 534. The summed E-state index contributed by atoms with van der Waals surface area (Å²) >= 11 is 0. The lowest BCUT2D eigenvalue weighted by molar-refractivity contribution is 0.332. The minimum Gasteiger partial charge on any atom is -0.480 e. The fraction of sp³-hybridized carbons (Fsp3) is 0.750. The molecular weight excluding hydrogens is 266 g/mol. The minimum absolute atomic E-state index is 0.247. The van der Waals surface area contributed by atoms with Crippen molar-refractivity contribution in [1.29, 1.82) is 0 Å². The number of nitrogens with zero attached hydrogens (tertiary/aromatic N) is 2. The molecule has 1 aromatic rings. The van der Waals surface area contributed by atoms with Crippen LogP contribution in [-0.2, 0) is 0 Å². The van der Waals surface area contributed by atoms with E-state index in [1.165, 1.54) is 19.3 Å². The second-order valence-electron chi connectivity index (χ2n) is 6.64. The molecule has 0 aliphatic heterocycles. The fourth-order valence-electron chi connectivity index (χ4n) is 5.18. The Labute approximate surface area is 125 Å². The highest BCUT2D eigenvalue weighted by molar-refractivity contribution is 5.30. The summed E-state index contributed by atoms with van der Waals surface area (Å²) in [7, 11) is 5.27. The Morgan fingerprint density at radius 2 is 1.90 bits per heavy atom. The Morgan fingerprint density at radius 1 is 1.19 bits per heavy atom. The first-order valence-corrected chi connectivity index (χ1v) is 7.90. The molecule has 3 saturated carbocycles. The predicted molar refractivity (Wildman–Crippen MR) is 78.2 cm³/mol. The van der Waals surface area contributed by atoms with Crippen molar-refractivity contribution >= 4 is 0 Å². The van der Waals surface area contributed by atoms with Crippen LogP contribution in [0.2, 0.25) is 0 Å². The number of hydrogen-bond acceptors (Lipinski definition) is 5. The van der Waals surface area contributed by atoms with E-state index in [4.69, 9.17) is 9.47 Å². The van der Waals surface area contributed by atoms with Crippen molar-refractivity contribution < 1.29 is 9.47 Å². The normalized spacial score (nSPS) is 37.2. The van der Waals surface area contributed by atoms with Gasteiger partial charge >= 0.3 is 0 Å². The van der Waals surface area contributed by atoms with Gasteiger partial charge in [0, 0.05) is 0 Å². The summed E-state index contributed by atoms with van der Waals surface area (Å²) in [5.41, 5.74) is 0.930. The summed E-state index contributed by atoms with van der Waals surface area (Å²) in [6.07, 6.45) is 6.02. The van der Waals surface area contributed by atoms with Crippen molar-refractivity contribution in [1.82, 2.24) is 15.3 Å². The number of hydrogen-bond donors (Lipinski definition) is 1. The number of rotatable bonds is 5. The van der Waals surface area contributed by atoms with Crippen LogP contribution in [0.5, 0.6) is 11.8 Å². The van der Waals surface area contributed by atoms with Gasteiger partial charge in [-0.15, -0.1) is 0 Å². The van der Waals surface area contributed by atoms with Gasteiger partial charge in [0.15, 0.2) is 0 Å². The Hall–Kier alpha value is -1.36. The molecule has 5 unspecified atom stereocenters. The van der Waals surface area contributed by atoms with Gasteiger partial charge in [-0.05, 0) is 55.9 Å². The molecule has 0 aromatic carbocycles. The van der Waals surface area contributed by atoms with Gasteiger partial charge in [0.1, 0.15) is 5.69 Å². The van der Waals surface area contributed by atoms with E-state index in [1.807, 2.05) is 7.05 Å². The average Bonchev–Trinajstić information content (AvgIpc) is 2.93. The van der Waals surface area contributed by atoms with Gasteiger partial charge in [0.25, 0.3) is 0 Å². The molecule has 0 saturated heterocycles. The standard InChI is InChI=1S/C16H23N3O2/c1-17-14(13-11-8-4-5-9(6-8)12(11)13)15-16(21-3)19-10(20-2)7-18-15/h7-9,11-14,17H,4-6H2,1-3H3. The molecule has 0 spiro atoms. The lowest BCUT2D eigenvalue weighted by Crippen LogP contribution is -2.24. The Morgan fingerprint density at radius 3 is 2.48 bits per heavy atom. The van der Waals surface area contributed by atoms with Crippen molar-refractivity contribution in [3.05, 3.63) is 11.9 Å². The van der Waals surface area contributed by atoms with Gasteiger partial charge < -0.3 is 14.8 Å². The third kappa shape index (κ3) is 1.86. The highest BCUT2D eigenvalue weighted by Gasteiger charge is 2.67. The van der Waals surface area contributed by atoms with E-state index in [-0.39, 0.29) is 6.04 Å². The minimum atomic E-state index is 0.247. The smallest absolute Gasteiger partial charge is 0.240 e. The van der Waals surface area contributed by atoms with Crippen molar-refractivity contribution in [3.63, 3.8) is 0 Å². The molecule has 1 heterocycles. The van der Waals surface area contributed by atoms with Crippen LogP contribution >= 0.6 is 0 Å². The molecule has 0 radical (unpaired) electrons. The van der Waals surface area contributed by atoms with E-state index in [0.29, 0.717) is 17.7 Å². The molecule has 1 aromatic heterocycles. The van der Waals surface area contributed by atoms with Crippen LogP contribution in [0.25, 0.3) is 0 Å². The van der Waals surface area contributed by atoms with Crippen molar-refractivity contribution in [3.8, 4) is 11.8 Å². The fourth-order valence-corrected chi connectivity index (χ4v) is 5.18. The summed E-state index contributed by atoms with van der Waals surface area (Å²) in [5.74, 6) is 5.51. The number of aromatic nitrogens is 2. The van der Waals surface area contributed by atoms with E-state index < -0.39 is 0 Å². The molecule has 0 amide bonds.